The van der Waals surface area contributed by atoms with E-state index >= 15 is 0 Å². The highest BCUT2D eigenvalue weighted by molar-refractivity contribution is 6.35. The highest BCUT2D eigenvalue weighted by atomic mass is 35.5. The van der Waals surface area contributed by atoms with Gasteiger partial charge in [0.05, 0.1) is 19.1 Å². The maximum Gasteiger partial charge on any atom is 0.236 e. The Morgan fingerprint density at radius 1 is 1.18 bits per heavy atom. The van der Waals surface area contributed by atoms with Crippen molar-refractivity contribution in [3.63, 3.8) is 0 Å². The number of rotatable bonds is 6. The number of amides is 2. The summed E-state index contributed by atoms with van der Waals surface area (Å²) < 4.78 is 0. The zero-order chi connectivity index (χ0) is 16.9. The summed E-state index contributed by atoms with van der Waals surface area (Å²) in [5.74, 6) is -0.225. The molecule has 0 aliphatic carbocycles. The van der Waals surface area contributed by atoms with Gasteiger partial charge in [-0.2, -0.15) is 0 Å². The number of hydrogen-bond acceptors (Lipinski definition) is 3. The second-order valence-electron chi connectivity index (χ2n) is 5.42. The normalized spacial score (nSPS) is 12.1. The molecular formula is C15H21Cl2N3O2. The third-order valence-corrected chi connectivity index (χ3v) is 3.69. The van der Waals surface area contributed by atoms with Crippen LogP contribution in [0.1, 0.15) is 18.5 Å². The van der Waals surface area contributed by atoms with Gasteiger partial charge in [-0.1, -0.05) is 29.3 Å². The molecule has 22 heavy (non-hydrogen) atoms. The third-order valence-electron chi connectivity index (χ3n) is 3.12. The van der Waals surface area contributed by atoms with E-state index in [0.29, 0.717) is 10.0 Å². The molecule has 122 valence electrons. The average molecular weight is 346 g/mol. The molecule has 1 rings (SSSR count). The molecule has 0 saturated carbocycles. The maximum absolute atomic E-state index is 12.0. The number of nitrogens with zero attached hydrogens (tertiary/aromatic N) is 2. The van der Waals surface area contributed by atoms with Gasteiger partial charge in [-0.25, -0.2) is 0 Å². The van der Waals surface area contributed by atoms with E-state index < -0.39 is 0 Å². The molecule has 0 bridgehead atoms. The topological polar surface area (TPSA) is 52.7 Å². The number of benzene rings is 1. The second kappa shape index (κ2) is 8.36. The predicted octanol–water partition coefficient (Wildman–Crippen LogP) is 2.19. The van der Waals surface area contributed by atoms with Crippen molar-refractivity contribution in [2.45, 2.75) is 13.0 Å². The Labute approximate surface area is 141 Å². The third kappa shape index (κ3) is 5.83. The molecule has 0 aliphatic heterocycles. The highest BCUT2D eigenvalue weighted by Gasteiger charge is 2.16. The molecule has 0 fully saturated rings. The summed E-state index contributed by atoms with van der Waals surface area (Å²) >= 11 is 12.0. The molecule has 1 aromatic rings. The van der Waals surface area contributed by atoms with Crippen molar-refractivity contribution in [3.8, 4) is 0 Å². The van der Waals surface area contributed by atoms with Gasteiger partial charge in [-0.15, -0.1) is 0 Å². The van der Waals surface area contributed by atoms with E-state index in [1.807, 2.05) is 6.92 Å². The molecule has 0 spiro atoms. The van der Waals surface area contributed by atoms with Crippen LogP contribution in [0.5, 0.6) is 0 Å². The molecule has 0 saturated heterocycles. The molecule has 1 N–H and O–H groups in total. The SMILES string of the molecule is C[C@H](NC(=O)CN(C)CC(=O)N(C)C)c1ccc(Cl)cc1Cl. The molecule has 2 amide bonds. The molecule has 0 aliphatic rings. The monoisotopic (exact) mass is 345 g/mol. The van der Waals surface area contributed by atoms with Crippen molar-refractivity contribution >= 4 is 35.0 Å². The Morgan fingerprint density at radius 3 is 2.36 bits per heavy atom. The number of nitrogens with one attached hydrogen (secondary N) is 1. The van der Waals surface area contributed by atoms with Gasteiger partial charge in [0, 0.05) is 24.1 Å². The molecule has 1 atom stereocenters. The van der Waals surface area contributed by atoms with Crippen LogP contribution in [0.15, 0.2) is 18.2 Å². The lowest BCUT2D eigenvalue weighted by atomic mass is 10.1. The number of carbonyl (C=O) groups excluding carboxylic acids is 2. The molecule has 0 aromatic heterocycles. The summed E-state index contributed by atoms with van der Waals surface area (Å²) in [5, 5.41) is 3.92. The summed E-state index contributed by atoms with van der Waals surface area (Å²) in [7, 11) is 5.09. The molecule has 0 unspecified atom stereocenters. The smallest absolute Gasteiger partial charge is 0.236 e. The van der Waals surface area contributed by atoms with E-state index in [4.69, 9.17) is 23.2 Å². The zero-order valence-electron chi connectivity index (χ0n) is 13.2. The van der Waals surface area contributed by atoms with Crippen LogP contribution in [0.2, 0.25) is 10.0 Å². The Hall–Kier alpha value is -1.30. The van der Waals surface area contributed by atoms with Crippen LogP contribution < -0.4 is 5.32 Å². The fourth-order valence-electron chi connectivity index (χ4n) is 1.89. The van der Waals surface area contributed by atoms with Gasteiger partial charge >= 0.3 is 0 Å². The molecule has 7 heteroatoms. The van der Waals surface area contributed by atoms with Crippen LogP contribution in [-0.4, -0.2) is 55.8 Å². The average Bonchev–Trinajstić information content (AvgIpc) is 2.37. The summed E-state index contributed by atoms with van der Waals surface area (Å²) in [6.07, 6.45) is 0. The van der Waals surface area contributed by atoms with Gasteiger partial charge < -0.3 is 10.2 Å². The van der Waals surface area contributed by atoms with Gasteiger partial charge in [0.2, 0.25) is 11.8 Å². The Balaban J connectivity index is 2.55. The predicted molar refractivity (Wildman–Crippen MR) is 89.2 cm³/mol. The minimum absolute atomic E-state index is 0.0518. The van der Waals surface area contributed by atoms with Crippen LogP contribution in [0.25, 0.3) is 0 Å². The van der Waals surface area contributed by atoms with Crippen LogP contribution in [0.3, 0.4) is 0 Å². The Bertz CT molecular complexity index is 550. The lowest BCUT2D eigenvalue weighted by Crippen LogP contribution is -2.41. The molecule has 1 aromatic carbocycles. The first-order chi connectivity index (χ1) is 10.2. The lowest BCUT2D eigenvalue weighted by molar-refractivity contribution is -0.130. The second-order valence-corrected chi connectivity index (χ2v) is 6.26. The number of carbonyl (C=O) groups is 2. The molecule has 0 radical (unpaired) electrons. The minimum Gasteiger partial charge on any atom is -0.348 e. The highest BCUT2D eigenvalue weighted by Crippen LogP contribution is 2.25. The first-order valence-electron chi connectivity index (χ1n) is 6.83. The van der Waals surface area contributed by atoms with Crippen molar-refractivity contribution in [3.05, 3.63) is 33.8 Å². The van der Waals surface area contributed by atoms with Gasteiger partial charge in [0.15, 0.2) is 0 Å². The van der Waals surface area contributed by atoms with E-state index in [2.05, 4.69) is 5.32 Å². The minimum atomic E-state index is -0.241. The number of likely N-dealkylation sites (N-methyl/N-ethyl adjacent to an activating group) is 2. The summed E-state index contributed by atoms with van der Waals surface area (Å²) in [5.41, 5.74) is 0.798. The Kier molecular flexibility index (Phi) is 7.13. The van der Waals surface area contributed by atoms with Gasteiger partial charge in [-0.05, 0) is 31.7 Å². The summed E-state index contributed by atoms with van der Waals surface area (Å²) in [6.45, 7) is 2.17. The zero-order valence-corrected chi connectivity index (χ0v) is 14.7. The van der Waals surface area contributed by atoms with E-state index in [-0.39, 0.29) is 30.9 Å². The first kappa shape index (κ1) is 18.7. The van der Waals surface area contributed by atoms with Gasteiger partial charge in [-0.3, -0.25) is 14.5 Å². The standard InChI is InChI=1S/C15H21Cl2N3O2/c1-10(12-6-5-11(16)7-13(12)17)18-14(21)8-20(4)9-15(22)19(2)3/h5-7,10H,8-9H2,1-4H3,(H,18,21)/t10-/m0/s1. The van der Waals surface area contributed by atoms with Crippen LogP contribution in [0.4, 0.5) is 0 Å². The van der Waals surface area contributed by atoms with Crippen molar-refractivity contribution in [1.82, 2.24) is 15.1 Å². The van der Waals surface area contributed by atoms with E-state index in [0.717, 1.165) is 5.56 Å². The maximum atomic E-state index is 12.0. The van der Waals surface area contributed by atoms with Crippen molar-refractivity contribution < 1.29 is 9.59 Å². The lowest BCUT2D eigenvalue weighted by Gasteiger charge is -2.21. The first-order valence-corrected chi connectivity index (χ1v) is 7.59. The summed E-state index contributed by atoms with van der Waals surface area (Å²) in [6, 6.07) is 4.92. The Morgan fingerprint density at radius 2 is 1.82 bits per heavy atom. The van der Waals surface area contributed by atoms with Crippen molar-refractivity contribution in [2.75, 3.05) is 34.2 Å². The van der Waals surface area contributed by atoms with Crippen LogP contribution >= 0.6 is 23.2 Å². The van der Waals surface area contributed by atoms with E-state index in [9.17, 15) is 9.59 Å². The quantitative estimate of drug-likeness (QED) is 0.859. The summed E-state index contributed by atoms with van der Waals surface area (Å²) in [4.78, 5) is 26.7. The van der Waals surface area contributed by atoms with Crippen molar-refractivity contribution in [2.24, 2.45) is 0 Å². The van der Waals surface area contributed by atoms with E-state index in [1.165, 1.54) is 4.90 Å². The fraction of sp³-hybridized carbons (Fsp3) is 0.467. The van der Waals surface area contributed by atoms with Crippen molar-refractivity contribution in [1.29, 1.82) is 0 Å². The van der Waals surface area contributed by atoms with Crippen LogP contribution in [0, 0.1) is 0 Å². The molecule has 0 heterocycles. The van der Waals surface area contributed by atoms with E-state index in [1.54, 1.807) is 44.2 Å². The largest absolute Gasteiger partial charge is 0.348 e. The fourth-order valence-corrected chi connectivity index (χ4v) is 2.46. The van der Waals surface area contributed by atoms with Gasteiger partial charge in [0.25, 0.3) is 0 Å². The van der Waals surface area contributed by atoms with Gasteiger partial charge in [0.1, 0.15) is 0 Å². The number of hydrogen-bond donors (Lipinski definition) is 1. The van der Waals surface area contributed by atoms with Crippen LogP contribution in [-0.2, 0) is 9.59 Å². The molecular weight excluding hydrogens is 325 g/mol. The molecule has 5 nitrogen and oxygen atoms in total. The number of halogens is 2.